The number of piperidine rings is 1. The number of aliphatic hydroxyl groups is 1. The molecule has 0 aromatic carbocycles. The van der Waals surface area contributed by atoms with Crippen LogP contribution in [0.25, 0.3) is 0 Å². The Bertz CT molecular complexity index is 230. The number of rotatable bonds is 2. The summed E-state index contributed by atoms with van der Waals surface area (Å²) in [4.78, 5) is 2.25. The Morgan fingerprint density at radius 1 is 1.40 bits per heavy atom. The maximum absolute atomic E-state index is 9.33. The lowest BCUT2D eigenvalue weighted by Gasteiger charge is -2.33. The lowest BCUT2D eigenvalue weighted by molar-refractivity contribution is -0.145. The van der Waals surface area contributed by atoms with E-state index in [0.717, 1.165) is 26.1 Å². The normalized spacial score (nSPS) is 37.6. The molecule has 1 N–H and O–H groups in total. The van der Waals surface area contributed by atoms with E-state index < -0.39 is 5.79 Å². The van der Waals surface area contributed by atoms with Gasteiger partial charge in [-0.2, -0.15) is 0 Å². The van der Waals surface area contributed by atoms with Gasteiger partial charge in [-0.1, -0.05) is 0 Å². The van der Waals surface area contributed by atoms with E-state index in [4.69, 9.17) is 9.47 Å². The molecule has 2 rings (SSSR count). The topological polar surface area (TPSA) is 41.9 Å². The number of ether oxygens (including phenoxy) is 2. The fourth-order valence-electron chi connectivity index (χ4n) is 2.50. The van der Waals surface area contributed by atoms with Gasteiger partial charge in [0.2, 0.25) is 0 Å². The highest BCUT2D eigenvalue weighted by Gasteiger charge is 2.43. The fourth-order valence-corrected chi connectivity index (χ4v) is 2.50. The average Bonchev–Trinajstić information content (AvgIpc) is 2.36. The lowest BCUT2D eigenvalue weighted by atomic mass is 10.1. The Morgan fingerprint density at radius 3 is 2.73 bits per heavy atom. The average molecular weight is 215 g/mol. The summed E-state index contributed by atoms with van der Waals surface area (Å²) in [5.41, 5.74) is 0. The van der Waals surface area contributed by atoms with Gasteiger partial charge in [-0.3, -0.25) is 4.90 Å². The molecule has 2 aliphatic rings. The highest BCUT2D eigenvalue weighted by Crippen LogP contribution is 2.32. The molecule has 4 nitrogen and oxygen atoms in total. The molecule has 0 aromatic heterocycles. The van der Waals surface area contributed by atoms with Crippen molar-refractivity contribution >= 4 is 0 Å². The van der Waals surface area contributed by atoms with Gasteiger partial charge in [-0.15, -0.1) is 0 Å². The SMILES string of the molecule is CC(O)CN1CCC2OC(C)(C)O[C@@H]2C1. The second kappa shape index (κ2) is 4.01. The van der Waals surface area contributed by atoms with Crippen molar-refractivity contribution in [1.82, 2.24) is 4.90 Å². The fraction of sp³-hybridized carbons (Fsp3) is 1.00. The summed E-state index contributed by atoms with van der Waals surface area (Å²) in [6.45, 7) is 8.34. The van der Waals surface area contributed by atoms with Crippen LogP contribution in [0.4, 0.5) is 0 Å². The van der Waals surface area contributed by atoms with Crippen LogP contribution < -0.4 is 0 Å². The maximum atomic E-state index is 9.33. The second-order valence-corrected chi connectivity index (χ2v) is 5.11. The molecule has 3 atom stereocenters. The van der Waals surface area contributed by atoms with Gasteiger partial charge in [0.05, 0.1) is 18.3 Å². The summed E-state index contributed by atoms with van der Waals surface area (Å²) in [6.07, 6.45) is 1.15. The van der Waals surface area contributed by atoms with Crippen molar-refractivity contribution in [3.05, 3.63) is 0 Å². The summed E-state index contributed by atoms with van der Waals surface area (Å²) >= 11 is 0. The summed E-state index contributed by atoms with van der Waals surface area (Å²) in [7, 11) is 0. The molecule has 0 radical (unpaired) electrons. The number of hydrogen-bond acceptors (Lipinski definition) is 4. The molecule has 4 heteroatoms. The van der Waals surface area contributed by atoms with Crippen molar-refractivity contribution in [3.8, 4) is 0 Å². The zero-order valence-corrected chi connectivity index (χ0v) is 9.77. The highest BCUT2D eigenvalue weighted by molar-refractivity contribution is 4.88. The number of β-amino-alcohol motifs (C(OH)–C–C–N with tert-alkyl or cyclic N) is 1. The minimum Gasteiger partial charge on any atom is -0.392 e. The first-order chi connectivity index (χ1) is 6.96. The number of aliphatic hydroxyl groups excluding tert-OH is 1. The smallest absolute Gasteiger partial charge is 0.163 e. The first-order valence-corrected chi connectivity index (χ1v) is 5.72. The van der Waals surface area contributed by atoms with Gasteiger partial charge in [0, 0.05) is 19.6 Å². The van der Waals surface area contributed by atoms with Gasteiger partial charge >= 0.3 is 0 Å². The van der Waals surface area contributed by atoms with Crippen molar-refractivity contribution in [1.29, 1.82) is 0 Å². The molecule has 2 heterocycles. The van der Waals surface area contributed by atoms with E-state index in [1.807, 2.05) is 20.8 Å². The first-order valence-electron chi connectivity index (χ1n) is 5.72. The minimum atomic E-state index is -0.434. The van der Waals surface area contributed by atoms with Crippen LogP contribution in [-0.2, 0) is 9.47 Å². The summed E-state index contributed by atoms with van der Waals surface area (Å²) in [5, 5.41) is 9.33. The van der Waals surface area contributed by atoms with Crippen LogP contribution in [0.3, 0.4) is 0 Å². The van der Waals surface area contributed by atoms with E-state index in [1.54, 1.807) is 0 Å². The van der Waals surface area contributed by atoms with E-state index in [1.165, 1.54) is 0 Å². The summed E-state index contributed by atoms with van der Waals surface area (Å²) in [5.74, 6) is -0.434. The standard InChI is InChI=1S/C11H21NO3/c1-8(13)6-12-5-4-9-10(7-12)15-11(2,3)14-9/h8-10,13H,4-7H2,1-3H3/t8?,9?,10-/m1/s1. The Balaban J connectivity index is 1.90. The molecule has 2 aliphatic heterocycles. The van der Waals surface area contributed by atoms with Crippen molar-refractivity contribution in [2.75, 3.05) is 19.6 Å². The lowest BCUT2D eigenvalue weighted by Crippen LogP contribution is -2.47. The second-order valence-electron chi connectivity index (χ2n) is 5.11. The minimum absolute atomic E-state index is 0.174. The number of fused-ring (bicyclic) bond motifs is 1. The van der Waals surface area contributed by atoms with Crippen LogP contribution in [0.5, 0.6) is 0 Å². The molecule has 88 valence electrons. The third-order valence-electron chi connectivity index (χ3n) is 2.98. The molecule has 0 bridgehead atoms. The molecule has 0 aliphatic carbocycles. The van der Waals surface area contributed by atoms with E-state index >= 15 is 0 Å². The molecular weight excluding hydrogens is 194 g/mol. The van der Waals surface area contributed by atoms with Gasteiger partial charge in [0.15, 0.2) is 5.79 Å². The first kappa shape index (κ1) is 11.3. The maximum Gasteiger partial charge on any atom is 0.163 e. The Morgan fingerprint density at radius 2 is 2.07 bits per heavy atom. The molecule has 15 heavy (non-hydrogen) atoms. The van der Waals surface area contributed by atoms with Crippen LogP contribution in [-0.4, -0.2) is 53.7 Å². The molecule has 0 aromatic rings. The van der Waals surface area contributed by atoms with Crippen LogP contribution >= 0.6 is 0 Å². The molecule has 2 unspecified atom stereocenters. The number of likely N-dealkylation sites (tertiary alicyclic amines) is 1. The van der Waals surface area contributed by atoms with Gasteiger partial charge < -0.3 is 14.6 Å². The third kappa shape index (κ3) is 2.69. The molecule has 2 saturated heterocycles. The number of hydrogen-bond donors (Lipinski definition) is 1. The molecular formula is C11H21NO3. The quantitative estimate of drug-likeness (QED) is 0.732. The summed E-state index contributed by atoms with van der Waals surface area (Å²) in [6, 6.07) is 0. The monoisotopic (exact) mass is 215 g/mol. The van der Waals surface area contributed by atoms with Crippen molar-refractivity contribution < 1.29 is 14.6 Å². The van der Waals surface area contributed by atoms with Gasteiger partial charge in [-0.25, -0.2) is 0 Å². The van der Waals surface area contributed by atoms with E-state index in [-0.39, 0.29) is 18.3 Å². The van der Waals surface area contributed by atoms with Crippen LogP contribution in [0, 0.1) is 0 Å². The Hall–Kier alpha value is -0.160. The van der Waals surface area contributed by atoms with Crippen LogP contribution in [0.1, 0.15) is 27.2 Å². The number of nitrogens with zero attached hydrogens (tertiary/aromatic N) is 1. The Kier molecular flexibility index (Phi) is 3.03. The predicted molar refractivity (Wildman–Crippen MR) is 56.6 cm³/mol. The molecule has 0 saturated carbocycles. The van der Waals surface area contributed by atoms with Gasteiger partial charge in [0.25, 0.3) is 0 Å². The predicted octanol–water partition coefficient (Wildman–Crippen LogP) is 0.593. The van der Waals surface area contributed by atoms with E-state index in [0.29, 0.717) is 0 Å². The third-order valence-corrected chi connectivity index (χ3v) is 2.98. The summed E-state index contributed by atoms with van der Waals surface area (Å²) < 4.78 is 11.6. The van der Waals surface area contributed by atoms with Crippen molar-refractivity contribution in [3.63, 3.8) is 0 Å². The largest absolute Gasteiger partial charge is 0.392 e. The Labute approximate surface area is 91.2 Å². The zero-order valence-electron chi connectivity index (χ0n) is 9.77. The molecule has 0 amide bonds. The van der Waals surface area contributed by atoms with Gasteiger partial charge in [-0.05, 0) is 27.2 Å². The van der Waals surface area contributed by atoms with E-state index in [9.17, 15) is 5.11 Å². The molecule has 0 spiro atoms. The van der Waals surface area contributed by atoms with E-state index in [2.05, 4.69) is 4.90 Å². The highest BCUT2D eigenvalue weighted by atomic mass is 16.8. The van der Waals surface area contributed by atoms with Crippen LogP contribution in [0.15, 0.2) is 0 Å². The molecule has 2 fully saturated rings. The zero-order chi connectivity index (χ0) is 11.1. The van der Waals surface area contributed by atoms with Crippen molar-refractivity contribution in [2.45, 2.75) is 51.3 Å². The van der Waals surface area contributed by atoms with Gasteiger partial charge in [0.1, 0.15) is 0 Å². The van der Waals surface area contributed by atoms with Crippen LogP contribution in [0.2, 0.25) is 0 Å². The van der Waals surface area contributed by atoms with Crippen molar-refractivity contribution in [2.24, 2.45) is 0 Å².